The lowest BCUT2D eigenvalue weighted by atomic mass is 9.90. The quantitative estimate of drug-likeness (QED) is 0.141. The molecule has 6 aliphatic rings. The normalized spacial score (nSPS) is 26.9. The van der Waals surface area contributed by atoms with Crippen molar-refractivity contribution in [3.05, 3.63) is 67.8 Å². The number of hydrogen-bond donors (Lipinski definition) is 2. The van der Waals surface area contributed by atoms with E-state index in [-0.39, 0.29) is 21.2 Å². The van der Waals surface area contributed by atoms with Gasteiger partial charge in [-0.1, -0.05) is 12.1 Å². The highest BCUT2D eigenvalue weighted by molar-refractivity contribution is 5.64. The van der Waals surface area contributed by atoms with Gasteiger partial charge >= 0.3 is 0 Å². The van der Waals surface area contributed by atoms with Crippen LogP contribution in [0.5, 0.6) is 0 Å². The third-order valence-electron chi connectivity index (χ3n) is 13.3. The van der Waals surface area contributed by atoms with E-state index >= 15 is 0 Å². The minimum Gasteiger partial charge on any atom is -0.378 e. The summed E-state index contributed by atoms with van der Waals surface area (Å²) >= 11 is 0. The lowest BCUT2D eigenvalue weighted by molar-refractivity contribution is -0.384. The fourth-order valence-corrected chi connectivity index (χ4v) is 9.37. The standard InChI is InChI=1S/2C22H33N3O3/c2*1-16-2-9-22(25(26)27)21(14-16)23-18-10-12-24(13-11-18)19-5-7-20(8-6-19)28-15-17-3-4-17/h2*2,9,14,17-20,23H,3-8,10-13,15H2,1H3. The highest BCUT2D eigenvalue weighted by Gasteiger charge is 2.33. The smallest absolute Gasteiger partial charge is 0.292 e. The second-order valence-corrected chi connectivity index (χ2v) is 17.9. The molecule has 2 heterocycles. The average molecular weight is 775 g/mol. The van der Waals surface area contributed by atoms with Crippen molar-refractivity contribution in [2.24, 2.45) is 11.8 Å². The van der Waals surface area contributed by atoms with Gasteiger partial charge in [0.2, 0.25) is 0 Å². The third-order valence-corrected chi connectivity index (χ3v) is 13.3. The number of hydrogen-bond acceptors (Lipinski definition) is 10. The molecule has 0 radical (unpaired) electrons. The second-order valence-electron chi connectivity index (χ2n) is 17.9. The van der Waals surface area contributed by atoms with E-state index in [1.165, 1.54) is 77.0 Å². The zero-order valence-corrected chi connectivity index (χ0v) is 33.9. The van der Waals surface area contributed by atoms with Gasteiger partial charge in [-0.3, -0.25) is 20.2 Å². The number of nitrogens with zero attached hydrogens (tertiary/aromatic N) is 4. The van der Waals surface area contributed by atoms with Crippen molar-refractivity contribution in [1.29, 1.82) is 0 Å². The lowest BCUT2D eigenvalue weighted by Crippen LogP contribution is -2.46. The van der Waals surface area contributed by atoms with Crippen LogP contribution in [-0.2, 0) is 9.47 Å². The Morgan fingerprint density at radius 1 is 0.554 bits per heavy atom. The first kappa shape index (κ1) is 40.9. The molecular weight excluding hydrogens is 709 g/mol. The highest BCUT2D eigenvalue weighted by Crippen LogP contribution is 2.35. The number of nitro groups is 2. The van der Waals surface area contributed by atoms with E-state index in [0.29, 0.717) is 47.8 Å². The molecule has 12 heteroatoms. The maximum absolute atomic E-state index is 11.3. The average Bonchev–Trinajstić information content (AvgIpc) is 4.14. The van der Waals surface area contributed by atoms with Gasteiger partial charge in [-0.2, -0.15) is 0 Å². The van der Waals surface area contributed by atoms with Gasteiger partial charge in [-0.05, 0) is 152 Å². The minimum absolute atomic E-state index is 0.178. The monoisotopic (exact) mass is 775 g/mol. The van der Waals surface area contributed by atoms with E-state index in [4.69, 9.17) is 9.47 Å². The van der Waals surface area contributed by atoms with Gasteiger partial charge in [0.05, 0.1) is 22.1 Å². The Bertz CT molecular complexity index is 1470. The van der Waals surface area contributed by atoms with E-state index in [1.54, 1.807) is 24.3 Å². The maximum atomic E-state index is 11.3. The molecule has 8 rings (SSSR count). The van der Waals surface area contributed by atoms with Crippen LogP contribution in [0.2, 0.25) is 0 Å². The van der Waals surface area contributed by atoms with Crippen LogP contribution in [0, 0.1) is 45.9 Å². The molecule has 0 atom stereocenters. The van der Waals surface area contributed by atoms with Gasteiger partial charge in [0.1, 0.15) is 11.4 Å². The summed E-state index contributed by atoms with van der Waals surface area (Å²) in [6, 6.07) is 12.6. The number of anilines is 2. The van der Waals surface area contributed by atoms with Crippen LogP contribution < -0.4 is 10.6 Å². The molecule has 56 heavy (non-hydrogen) atoms. The molecule has 0 unspecified atom stereocenters. The molecule has 12 nitrogen and oxygen atoms in total. The molecule has 0 aromatic heterocycles. The maximum Gasteiger partial charge on any atom is 0.292 e. The van der Waals surface area contributed by atoms with Gasteiger partial charge in [-0.25, -0.2) is 0 Å². The number of likely N-dealkylation sites (tertiary alicyclic amines) is 2. The Hall–Kier alpha value is -3.32. The van der Waals surface area contributed by atoms with E-state index in [9.17, 15) is 20.2 Å². The number of nitrogens with one attached hydrogen (secondary N) is 2. The van der Waals surface area contributed by atoms with Crippen LogP contribution in [-0.4, -0.2) is 95.4 Å². The van der Waals surface area contributed by atoms with Crippen molar-refractivity contribution in [2.45, 2.75) is 153 Å². The van der Waals surface area contributed by atoms with Gasteiger partial charge in [0.15, 0.2) is 0 Å². The largest absolute Gasteiger partial charge is 0.378 e. The van der Waals surface area contributed by atoms with Crippen LogP contribution in [0.25, 0.3) is 0 Å². The molecule has 2 N–H and O–H groups in total. The van der Waals surface area contributed by atoms with E-state index in [2.05, 4.69) is 20.4 Å². The predicted molar refractivity (Wildman–Crippen MR) is 222 cm³/mol. The number of rotatable bonds is 14. The fourth-order valence-electron chi connectivity index (χ4n) is 9.37. The summed E-state index contributed by atoms with van der Waals surface area (Å²) in [5.74, 6) is 1.71. The zero-order valence-electron chi connectivity index (χ0n) is 33.9. The van der Waals surface area contributed by atoms with Crippen molar-refractivity contribution >= 4 is 22.7 Å². The SMILES string of the molecule is Cc1ccc([N+](=O)[O-])c(NC2CCN(C3CCC(OCC4CC4)CC3)CC2)c1.Cc1ccc([N+](=O)[O-])c(NC2CCN(C3CCC(OCC4CC4)CC3)CC2)c1. The summed E-state index contributed by atoms with van der Waals surface area (Å²) in [7, 11) is 0. The summed E-state index contributed by atoms with van der Waals surface area (Å²) in [5, 5.41) is 29.5. The summed E-state index contributed by atoms with van der Waals surface area (Å²) in [6.07, 6.45) is 20.4. The van der Waals surface area contributed by atoms with Crippen molar-refractivity contribution in [1.82, 2.24) is 9.80 Å². The third kappa shape index (κ3) is 11.9. The molecule has 0 spiro atoms. The number of piperidine rings is 2. The van der Waals surface area contributed by atoms with Gasteiger partial charge in [0, 0.05) is 75.7 Å². The van der Waals surface area contributed by atoms with E-state index < -0.39 is 0 Å². The predicted octanol–water partition coefficient (Wildman–Crippen LogP) is 9.03. The molecule has 2 saturated heterocycles. The molecule has 6 fully saturated rings. The molecule has 2 aromatic carbocycles. The molecule has 4 aliphatic carbocycles. The first-order valence-electron chi connectivity index (χ1n) is 21.9. The number of aryl methyl sites for hydroxylation is 2. The van der Waals surface area contributed by atoms with Crippen LogP contribution in [0.4, 0.5) is 22.7 Å². The first-order valence-corrected chi connectivity index (χ1v) is 21.9. The molecule has 4 saturated carbocycles. The molecule has 2 aromatic rings. The van der Waals surface area contributed by atoms with Crippen molar-refractivity contribution in [2.75, 3.05) is 50.0 Å². The molecule has 0 bridgehead atoms. The van der Waals surface area contributed by atoms with E-state index in [1.807, 2.05) is 26.0 Å². The molecule has 2 aliphatic heterocycles. The molecule has 308 valence electrons. The second kappa shape index (κ2) is 19.4. The van der Waals surface area contributed by atoms with Crippen LogP contribution in [0.15, 0.2) is 36.4 Å². The Morgan fingerprint density at radius 2 is 0.911 bits per heavy atom. The topological polar surface area (TPSA) is 135 Å². The Labute approximate surface area is 333 Å². The van der Waals surface area contributed by atoms with Crippen LogP contribution in [0.1, 0.15) is 114 Å². The number of benzene rings is 2. The number of ether oxygens (including phenoxy) is 2. The van der Waals surface area contributed by atoms with Crippen molar-refractivity contribution < 1.29 is 19.3 Å². The summed E-state index contributed by atoms with van der Waals surface area (Å²) in [4.78, 5) is 27.3. The highest BCUT2D eigenvalue weighted by atomic mass is 16.6. The van der Waals surface area contributed by atoms with Crippen molar-refractivity contribution in [3.8, 4) is 0 Å². The van der Waals surface area contributed by atoms with Crippen LogP contribution in [0.3, 0.4) is 0 Å². The Kier molecular flexibility index (Phi) is 14.2. The van der Waals surface area contributed by atoms with Gasteiger partial charge in [-0.15, -0.1) is 0 Å². The van der Waals surface area contributed by atoms with E-state index in [0.717, 1.165) is 88.0 Å². The van der Waals surface area contributed by atoms with Gasteiger partial charge < -0.3 is 29.9 Å². The van der Waals surface area contributed by atoms with Gasteiger partial charge in [0.25, 0.3) is 11.4 Å². The Balaban J connectivity index is 0.000000172. The molecular formula is C44H66N6O6. The first-order chi connectivity index (χ1) is 27.2. The lowest BCUT2D eigenvalue weighted by Gasteiger charge is -2.41. The number of nitro benzene ring substituents is 2. The summed E-state index contributed by atoms with van der Waals surface area (Å²) < 4.78 is 12.2. The zero-order chi connectivity index (χ0) is 39.0. The summed E-state index contributed by atoms with van der Waals surface area (Å²) in [6.45, 7) is 10.2. The van der Waals surface area contributed by atoms with Crippen LogP contribution >= 0.6 is 0 Å². The fraction of sp³-hybridized carbons (Fsp3) is 0.727. The molecule has 0 amide bonds. The minimum atomic E-state index is -0.291. The Morgan fingerprint density at radius 3 is 1.23 bits per heavy atom. The summed E-state index contributed by atoms with van der Waals surface area (Å²) in [5.41, 5.74) is 3.78. The van der Waals surface area contributed by atoms with Crippen molar-refractivity contribution in [3.63, 3.8) is 0 Å².